The van der Waals surface area contributed by atoms with Crippen LogP contribution >= 0.6 is 0 Å². The van der Waals surface area contributed by atoms with Crippen molar-refractivity contribution in [1.82, 2.24) is 10.6 Å². The van der Waals surface area contributed by atoms with E-state index < -0.39 is 9.84 Å². The average Bonchev–Trinajstić information content (AvgIpc) is 2.78. The first-order valence-electron chi connectivity index (χ1n) is 8.23. The molecule has 0 bridgehead atoms. The van der Waals surface area contributed by atoms with E-state index in [1.165, 1.54) is 25.7 Å². The van der Waals surface area contributed by atoms with Crippen LogP contribution in [0.1, 0.15) is 46.0 Å². The highest BCUT2D eigenvalue weighted by molar-refractivity contribution is 7.91. The summed E-state index contributed by atoms with van der Waals surface area (Å²) in [5.41, 5.74) is 0. The molecular weight excluding hydrogens is 286 g/mol. The van der Waals surface area contributed by atoms with E-state index >= 15 is 0 Å². The second-order valence-corrected chi connectivity index (χ2v) is 8.82. The third-order valence-electron chi connectivity index (χ3n) is 4.54. The van der Waals surface area contributed by atoms with E-state index in [1.807, 2.05) is 0 Å². The first-order chi connectivity index (χ1) is 9.98. The molecule has 2 fully saturated rings. The summed E-state index contributed by atoms with van der Waals surface area (Å²) in [7, 11) is -2.80. The molecular formula is C15H29N3O2S. The summed E-state index contributed by atoms with van der Waals surface area (Å²) in [4.78, 5) is 4.60. The van der Waals surface area contributed by atoms with E-state index in [9.17, 15) is 8.42 Å². The molecule has 0 aromatic rings. The van der Waals surface area contributed by atoms with Crippen molar-refractivity contribution in [2.75, 3.05) is 24.6 Å². The molecule has 21 heavy (non-hydrogen) atoms. The van der Waals surface area contributed by atoms with Crippen molar-refractivity contribution in [2.24, 2.45) is 16.8 Å². The molecule has 1 saturated heterocycles. The lowest BCUT2D eigenvalue weighted by molar-refractivity contribution is 0.329. The molecule has 2 N–H and O–H groups in total. The molecule has 122 valence electrons. The van der Waals surface area contributed by atoms with Crippen molar-refractivity contribution in [2.45, 2.75) is 52.0 Å². The van der Waals surface area contributed by atoms with Gasteiger partial charge in [0.1, 0.15) is 0 Å². The number of nitrogens with one attached hydrogen (secondary N) is 2. The molecule has 1 aliphatic heterocycles. The molecule has 1 unspecified atom stereocenters. The van der Waals surface area contributed by atoms with E-state index in [4.69, 9.17) is 0 Å². The molecule has 0 spiro atoms. The van der Waals surface area contributed by atoms with Gasteiger partial charge >= 0.3 is 0 Å². The second-order valence-electron chi connectivity index (χ2n) is 6.59. The fourth-order valence-electron chi connectivity index (χ4n) is 3.15. The van der Waals surface area contributed by atoms with Crippen LogP contribution in [0.2, 0.25) is 0 Å². The van der Waals surface area contributed by atoms with Gasteiger partial charge in [-0.05, 0) is 50.9 Å². The summed E-state index contributed by atoms with van der Waals surface area (Å²) in [5, 5.41) is 6.79. The maximum Gasteiger partial charge on any atom is 0.191 e. The second kappa shape index (κ2) is 7.47. The summed E-state index contributed by atoms with van der Waals surface area (Å²) in [5.74, 6) is 2.51. The van der Waals surface area contributed by atoms with Gasteiger partial charge in [-0.15, -0.1) is 0 Å². The Morgan fingerprint density at radius 3 is 2.48 bits per heavy atom. The van der Waals surface area contributed by atoms with E-state index in [-0.39, 0.29) is 5.92 Å². The zero-order chi connectivity index (χ0) is 15.3. The molecule has 1 aliphatic carbocycles. The van der Waals surface area contributed by atoms with Crippen LogP contribution in [0.5, 0.6) is 0 Å². The number of sulfone groups is 1. The summed E-state index contributed by atoms with van der Waals surface area (Å²) in [6.07, 6.45) is 5.70. The van der Waals surface area contributed by atoms with Gasteiger partial charge in [0.2, 0.25) is 0 Å². The van der Waals surface area contributed by atoms with E-state index in [1.54, 1.807) is 0 Å². The Balaban J connectivity index is 1.84. The lowest BCUT2D eigenvalue weighted by Crippen LogP contribution is -2.45. The average molecular weight is 315 g/mol. The molecule has 0 aromatic carbocycles. The maximum atomic E-state index is 11.5. The lowest BCUT2D eigenvalue weighted by Gasteiger charge is -2.28. The summed E-state index contributed by atoms with van der Waals surface area (Å²) in [6, 6.07) is 0.506. The summed E-state index contributed by atoms with van der Waals surface area (Å²) < 4.78 is 23.0. The van der Waals surface area contributed by atoms with Crippen LogP contribution in [0.25, 0.3) is 0 Å². The topological polar surface area (TPSA) is 70.6 Å². The molecule has 2 rings (SSSR count). The molecule has 2 aliphatic rings. The largest absolute Gasteiger partial charge is 0.357 e. The zero-order valence-electron chi connectivity index (χ0n) is 13.3. The van der Waals surface area contributed by atoms with Crippen molar-refractivity contribution >= 4 is 15.8 Å². The third-order valence-corrected chi connectivity index (χ3v) is 6.37. The van der Waals surface area contributed by atoms with Crippen LogP contribution in [-0.4, -0.2) is 45.0 Å². The van der Waals surface area contributed by atoms with Gasteiger partial charge in [-0.2, -0.15) is 0 Å². The molecule has 0 radical (unpaired) electrons. The zero-order valence-corrected chi connectivity index (χ0v) is 14.1. The van der Waals surface area contributed by atoms with Gasteiger partial charge < -0.3 is 10.6 Å². The Hall–Kier alpha value is -0.780. The minimum atomic E-state index is -2.80. The highest BCUT2D eigenvalue weighted by atomic mass is 32.2. The molecule has 1 heterocycles. The predicted molar refractivity (Wildman–Crippen MR) is 87.3 cm³/mol. The van der Waals surface area contributed by atoms with E-state index in [0.29, 0.717) is 24.1 Å². The van der Waals surface area contributed by atoms with Crippen molar-refractivity contribution in [3.8, 4) is 0 Å². The molecule has 1 atom stereocenters. The highest BCUT2D eigenvalue weighted by Gasteiger charge is 2.27. The predicted octanol–water partition coefficient (Wildman–Crippen LogP) is 1.55. The standard InChI is InChI=1S/C15H29N3O2S/c1-3-16-15(18-14-6-4-12(2)5-7-14)17-10-13-8-9-21(19,20)11-13/h12-14H,3-11H2,1-2H3,(H2,16,17,18). The van der Waals surface area contributed by atoms with Gasteiger partial charge in [-0.3, -0.25) is 4.99 Å². The van der Waals surface area contributed by atoms with Gasteiger partial charge in [0.25, 0.3) is 0 Å². The number of guanidine groups is 1. The number of nitrogens with zero attached hydrogens (tertiary/aromatic N) is 1. The van der Waals surface area contributed by atoms with Crippen LogP contribution in [0.3, 0.4) is 0 Å². The first kappa shape index (κ1) is 16.6. The lowest BCUT2D eigenvalue weighted by atomic mass is 9.87. The Morgan fingerprint density at radius 1 is 1.19 bits per heavy atom. The fraction of sp³-hybridized carbons (Fsp3) is 0.933. The van der Waals surface area contributed by atoms with Crippen LogP contribution < -0.4 is 10.6 Å². The first-order valence-corrected chi connectivity index (χ1v) is 10.1. The number of rotatable bonds is 4. The van der Waals surface area contributed by atoms with Crippen molar-refractivity contribution < 1.29 is 8.42 Å². The SMILES string of the molecule is CCNC(=NCC1CCS(=O)(=O)C1)NC1CCC(C)CC1. The number of aliphatic imine (C=N–C) groups is 1. The molecule has 5 nitrogen and oxygen atoms in total. The molecule has 6 heteroatoms. The highest BCUT2D eigenvalue weighted by Crippen LogP contribution is 2.23. The van der Waals surface area contributed by atoms with E-state index in [0.717, 1.165) is 24.8 Å². The van der Waals surface area contributed by atoms with Gasteiger partial charge in [0.15, 0.2) is 15.8 Å². The summed E-state index contributed by atoms with van der Waals surface area (Å²) >= 11 is 0. The minimum Gasteiger partial charge on any atom is -0.357 e. The van der Waals surface area contributed by atoms with Crippen molar-refractivity contribution in [1.29, 1.82) is 0 Å². The Kier molecular flexibility index (Phi) is 5.90. The van der Waals surface area contributed by atoms with E-state index in [2.05, 4.69) is 29.5 Å². The third kappa shape index (κ3) is 5.49. The molecule has 1 saturated carbocycles. The van der Waals surface area contributed by atoms with Crippen LogP contribution in [0, 0.1) is 11.8 Å². The Labute approximate surface area is 128 Å². The van der Waals surface area contributed by atoms with Gasteiger partial charge in [-0.25, -0.2) is 8.42 Å². The fourth-order valence-corrected chi connectivity index (χ4v) is 5.00. The number of hydrogen-bond acceptors (Lipinski definition) is 3. The normalized spacial score (nSPS) is 32.9. The van der Waals surface area contributed by atoms with Gasteiger partial charge in [0.05, 0.1) is 11.5 Å². The Bertz CT molecular complexity index is 454. The van der Waals surface area contributed by atoms with Gasteiger partial charge in [-0.1, -0.05) is 6.92 Å². The van der Waals surface area contributed by atoms with Crippen LogP contribution in [0.4, 0.5) is 0 Å². The van der Waals surface area contributed by atoms with Crippen molar-refractivity contribution in [3.05, 3.63) is 0 Å². The molecule has 0 aromatic heterocycles. The monoisotopic (exact) mass is 315 g/mol. The number of hydrogen-bond donors (Lipinski definition) is 2. The van der Waals surface area contributed by atoms with Crippen LogP contribution in [0.15, 0.2) is 4.99 Å². The maximum absolute atomic E-state index is 11.5. The van der Waals surface area contributed by atoms with Gasteiger partial charge in [0, 0.05) is 19.1 Å². The molecule has 0 amide bonds. The minimum absolute atomic E-state index is 0.192. The van der Waals surface area contributed by atoms with Crippen molar-refractivity contribution in [3.63, 3.8) is 0 Å². The Morgan fingerprint density at radius 2 is 1.90 bits per heavy atom. The summed E-state index contributed by atoms with van der Waals surface area (Å²) in [6.45, 7) is 5.81. The van der Waals surface area contributed by atoms with Crippen LogP contribution in [-0.2, 0) is 9.84 Å². The smallest absolute Gasteiger partial charge is 0.191 e. The quantitative estimate of drug-likeness (QED) is 0.610.